The van der Waals surface area contributed by atoms with Gasteiger partial charge in [0.25, 0.3) is 5.91 Å². The normalized spacial score (nSPS) is 17.5. The van der Waals surface area contributed by atoms with Gasteiger partial charge in [-0.25, -0.2) is 4.39 Å². The van der Waals surface area contributed by atoms with E-state index in [0.717, 1.165) is 17.8 Å². The fraction of sp³-hybridized carbons (Fsp3) is 0.353. The molecule has 1 aliphatic heterocycles. The number of hydrogen-bond donors (Lipinski definition) is 0. The lowest BCUT2D eigenvalue weighted by atomic mass is 9.98. The summed E-state index contributed by atoms with van der Waals surface area (Å²) < 4.78 is 15.5. The third-order valence-electron chi connectivity index (χ3n) is 4.42. The summed E-state index contributed by atoms with van der Waals surface area (Å²) in [5, 5.41) is 17.5. The van der Waals surface area contributed by atoms with E-state index in [9.17, 15) is 9.18 Å². The number of carbonyl (C=O) groups is 1. The topological polar surface area (TPSA) is 76.8 Å². The summed E-state index contributed by atoms with van der Waals surface area (Å²) in [7, 11) is 1.73. The van der Waals surface area contributed by atoms with Crippen molar-refractivity contribution in [2.24, 2.45) is 7.05 Å². The van der Waals surface area contributed by atoms with Crippen LogP contribution < -0.4 is 0 Å². The lowest BCUT2D eigenvalue weighted by Gasteiger charge is -2.31. The van der Waals surface area contributed by atoms with E-state index in [1.165, 1.54) is 22.1 Å². The number of piperidine rings is 1. The van der Waals surface area contributed by atoms with Gasteiger partial charge in [0, 0.05) is 31.6 Å². The van der Waals surface area contributed by atoms with E-state index in [-0.39, 0.29) is 17.6 Å². The number of nitrogens with zero attached hydrogens (tertiary/aromatic N) is 6. The highest BCUT2D eigenvalue weighted by Gasteiger charge is 2.29. The Labute approximate surface area is 153 Å². The van der Waals surface area contributed by atoms with Gasteiger partial charge in [-0.1, -0.05) is 28.7 Å². The summed E-state index contributed by atoms with van der Waals surface area (Å²) in [6, 6.07) is 6.54. The monoisotopic (exact) mass is 372 g/mol. The summed E-state index contributed by atoms with van der Waals surface area (Å²) in [4.78, 5) is 14.4. The zero-order valence-corrected chi connectivity index (χ0v) is 15.0. The SMILES string of the molecule is Cn1cc(C(=O)N2CCCC(c3nnc(-c4ccccc4F)s3)C2)nn1. The summed E-state index contributed by atoms with van der Waals surface area (Å²) in [6.45, 7) is 1.24. The van der Waals surface area contributed by atoms with E-state index in [1.54, 1.807) is 36.3 Å². The molecule has 0 aliphatic carbocycles. The Balaban J connectivity index is 1.52. The average molecular weight is 372 g/mol. The molecule has 0 bridgehead atoms. The first-order valence-corrected chi connectivity index (χ1v) is 9.17. The minimum atomic E-state index is -0.307. The molecule has 1 fully saturated rings. The van der Waals surface area contributed by atoms with Crippen molar-refractivity contribution in [3.8, 4) is 10.6 Å². The van der Waals surface area contributed by atoms with Gasteiger partial charge in [-0.15, -0.1) is 15.3 Å². The molecule has 3 aromatic rings. The second-order valence-electron chi connectivity index (χ2n) is 6.29. The fourth-order valence-corrected chi connectivity index (χ4v) is 4.11. The Morgan fingerprint density at radius 1 is 1.27 bits per heavy atom. The lowest BCUT2D eigenvalue weighted by Crippen LogP contribution is -2.39. The third-order valence-corrected chi connectivity index (χ3v) is 5.54. The van der Waals surface area contributed by atoms with Crippen LogP contribution in [0.25, 0.3) is 10.6 Å². The van der Waals surface area contributed by atoms with Crippen LogP contribution in [0.2, 0.25) is 0 Å². The molecule has 0 spiro atoms. The molecule has 134 valence electrons. The van der Waals surface area contributed by atoms with Crippen LogP contribution in [0.4, 0.5) is 4.39 Å². The van der Waals surface area contributed by atoms with Crippen LogP contribution in [0, 0.1) is 5.82 Å². The molecule has 0 saturated carbocycles. The summed E-state index contributed by atoms with van der Waals surface area (Å²) in [5.41, 5.74) is 0.803. The molecule has 1 amide bonds. The van der Waals surface area contributed by atoms with Gasteiger partial charge in [0.2, 0.25) is 0 Å². The van der Waals surface area contributed by atoms with Crippen LogP contribution in [-0.4, -0.2) is 49.1 Å². The average Bonchev–Trinajstić information content (AvgIpc) is 3.31. The Morgan fingerprint density at radius 3 is 2.88 bits per heavy atom. The molecule has 3 heterocycles. The van der Waals surface area contributed by atoms with E-state index in [1.807, 2.05) is 0 Å². The number of benzene rings is 1. The van der Waals surface area contributed by atoms with E-state index in [2.05, 4.69) is 20.5 Å². The molecule has 2 aromatic heterocycles. The van der Waals surface area contributed by atoms with Crippen molar-refractivity contribution in [2.45, 2.75) is 18.8 Å². The molecule has 1 unspecified atom stereocenters. The second-order valence-corrected chi connectivity index (χ2v) is 7.30. The predicted molar refractivity (Wildman–Crippen MR) is 94.2 cm³/mol. The van der Waals surface area contributed by atoms with Crippen LogP contribution >= 0.6 is 11.3 Å². The minimum absolute atomic E-state index is 0.0994. The van der Waals surface area contributed by atoms with Gasteiger partial charge in [0.15, 0.2) is 10.7 Å². The molecule has 1 aromatic carbocycles. The zero-order chi connectivity index (χ0) is 18.1. The molecule has 1 atom stereocenters. The van der Waals surface area contributed by atoms with Crippen LogP contribution in [0.3, 0.4) is 0 Å². The van der Waals surface area contributed by atoms with Crippen molar-refractivity contribution in [1.82, 2.24) is 30.1 Å². The molecule has 0 N–H and O–H groups in total. The Kier molecular flexibility index (Phi) is 4.46. The Bertz CT molecular complexity index is 939. The van der Waals surface area contributed by atoms with Gasteiger partial charge < -0.3 is 4.90 Å². The van der Waals surface area contributed by atoms with Crippen molar-refractivity contribution in [3.05, 3.63) is 47.0 Å². The van der Waals surface area contributed by atoms with Gasteiger partial charge in [-0.2, -0.15) is 0 Å². The summed E-state index contributed by atoms with van der Waals surface area (Å²) in [5.74, 6) is -0.331. The molecule has 26 heavy (non-hydrogen) atoms. The number of halogens is 1. The standard InChI is InChI=1S/C17H17FN6OS/c1-23-10-14(19-22-23)17(25)24-8-4-5-11(9-24)15-20-21-16(26-15)12-6-2-3-7-13(12)18/h2-3,6-7,10-11H,4-5,8-9H2,1H3. The number of likely N-dealkylation sites (tertiary alicyclic amines) is 1. The molecular formula is C17H17FN6OS. The minimum Gasteiger partial charge on any atom is -0.336 e. The van der Waals surface area contributed by atoms with Crippen molar-refractivity contribution in [2.75, 3.05) is 13.1 Å². The maximum absolute atomic E-state index is 14.0. The number of rotatable bonds is 3. The van der Waals surface area contributed by atoms with Crippen LogP contribution in [0.5, 0.6) is 0 Å². The van der Waals surface area contributed by atoms with Crippen LogP contribution in [-0.2, 0) is 7.05 Å². The molecule has 1 aliphatic rings. The highest BCUT2D eigenvalue weighted by atomic mass is 32.1. The van der Waals surface area contributed by atoms with E-state index < -0.39 is 0 Å². The third kappa shape index (κ3) is 3.22. The van der Waals surface area contributed by atoms with Gasteiger partial charge in [0.1, 0.15) is 10.8 Å². The van der Waals surface area contributed by atoms with Crippen molar-refractivity contribution >= 4 is 17.2 Å². The van der Waals surface area contributed by atoms with E-state index in [0.29, 0.717) is 29.4 Å². The number of aryl methyl sites for hydroxylation is 1. The molecule has 7 nitrogen and oxygen atoms in total. The fourth-order valence-electron chi connectivity index (χ4n) is 3.11. The van der Waals surface area contributed by atoms with Crippen LogP contribution in [0.15, 0.2) is 30.5 Å². The van der Waals surface area contributed by atoms with Crippen molar-refractivity contribution in [3.63, 3.8) is 0 Å². The summed E-state index contributed by atoms with van der Waals surface area (Å²) in [6.07, 6.45) is 3.43. The van der Waals surface area contributed by atoms with Gasteiger partial charge in [-0.3, -0.25) is 9.48 Å². The predicted octanol–water partition coefficient (Wildman–Crippen LogP) is 2.49. The highest BCUT2D eigenvalue weighted by Crippen LogP contribution is 2.33. The van der Waals surface area contributed by atoms with Gasteiger partial charge >= 0.3 is 0 Å². The first-order valence-electron chi connectivity index (χ1n) is 8.35. The number of carbonyl (C=O) groups excluding carboxylic acids is 1. The lowest BCUT2D eigenvalue weighted by molar-refractivity contribution is 0.0700. The van der Waals surface area contributed by atoms with Gasteiger partial charge in [0.05, 0.1) is 6.20 Å². The van der Waals surface area contributed by atoms with Crippen LogP contribution in [0.1, 0.15) is 34.3 Å². The Morgan fingerprint density at radius 2 is 2.12 bits per heavy atom. The zero-order valence-electron chi connectivity index (χ0n) is 14.2. The molecule has 4 rings (SSSR count). The summed E-state index contributed by atoms with van der Waals surface area (Å²) >= 11 is 1.39. The highest BCUT2D eigenvalue weighted by molar-refractivity contribution is 7.14. The largest absolute Gasteiger partial charge is 0.336 e. The number of amides is 1. The van der Waals surface area contributed by atoms with Crippen molar-refractivity contribution in [1.29, 1.82) is 0 Å². The van der Waals surface area contributed by atoms with Gasteiger partial charge in [-0.05, 0) is 25.0 Å². The number of aromatic nitrogens is 5. The van der Waals surface area contributed by atoms with E-state index in [4.69, 9.17) is 0 Å². The van der Waals surface area contributed by atoms with Crippen molar-refractivity contribution < 1.29 is 9.18 Å². The first-order chi connectivity index (χ1) is 12.6. The Hall–Kier alpha value is -2.68. The second kappa shape index (κ2) is 6.91. The van der Waals surface area contributed by atoms with E-state index >= 15 is 0 Å². The maximum Gasteiger partial charge on any atom is 0.276 e. The smallest absolute Gasteiger partial charge is 0.276 e. The first kappa shape index (κ1) is 16.8. The molecular weight excluding hydrogens is 355 g/mol. The molecule has 9 heteroatoms. The molecule has 1 saturated heterocycles. The molecule has 0 radical (unpaired) electrons. The maximum atomic E-state index is 14.0. The number of hydrogen-bond acceptors (Lipinski definition) is 6. The quantitative estimate of drug-likeness (QED) is 0.706.